The number of hydrogen-bond donors (Lipinski definition) is 3. The molecule has 11 heteroatoms. The molecule has 2 aliphatic rings. The van der Waals surface area contributed by atoms with Gasteiger partial charge in [-0.3, -0.25) is 4.98 Å². The van der Waals surface area contributed by atoms with E-state index in [1.807, 2.05) is 11.1 Å². The first kappa shape index (κ1) is 21.2. The predicted octanol–water partition coefficient (Wildman–Crippen LogP) is 3.40. The number of aliphatic hydroxyl groups excluding tert-OH is 2. The van der Waals surface area contributed by atoms with Gasteiger partial charge >= 0.3 is 6.18 Å². The largest absolute Gasteiger partial charge is 0.431 e. The first-order valence-corrected chi connectivity index (χ1v) is 11.1. The summed E-state index contributed by atoms with van der Waals surface area (Å²) in [4.78, 5) is 22.1. The van der Waals surface area contributed by atoms with Crippen LogP contribution in [0.15, 0.2) is 30.7 Å². The number of H-pyrrole nitrogens is 1. The van der Waals surface area contributed by atoms with Crippen LogP contribution in [0.2, 0.25) is 0 Å². The summed E-state index contributed by atoms with van der Waals surface area (Å²) < 4.78 is 40.0. The summed E-state index contributed by atoms with van der Waals surface area (Å²) in [6.45, 7) is 0.664. The van der Waals surface area contributed by atoms with Crippen molar-refractivity contribution < 1.29 is 23.4 Å². The van der Waals surface area contributed by atoms with Crippen molar-refractivity contribution in [3.63, 3.8) is 0 Å². The molecule has 3 N–H and O–H groups in total. The molecule has 0 unspecified atom stereocenters. The van der Waals surface area contributed by atoms with E-state index < -0.39 is 24.1 Å². The molecule has 0 aromatic carbocycles. The number of halogens is 3. The Morgan fingerprint density at radius 3 is 2.62 bits per heavy atom. The summed E-state index contributed by atoms with van der Waals surface area (Å²) in [5.41, 5.74) is 1.22. The third-order valence-electron chi connectivity index (χ3n) is 6.56. The van der Waals surface area contributed by atoms with Crippen LogP contribution in [0.4, 0.5) is 19.0 Å². The minimum atomic E-state index is -4.54. The summed E-state index contributed by atoms with van der Waals surface area (Å²) in [6, 6.07) is 2.61. The Kier molecular flexibility index (Phi) is 4.75. The fraction of sp³-hybridized carbons (Fsp3) is 0.391. The Bertz CT molecular complexity index is 1400. The van der Waals surface area contributed by atoms with Gasteiger partial charge in [0.1, 0.15) is 17.2 Å². The molecule has 0 radical (unpaired) electrons. The maximum Gasteiger partial charge on any atom is 0.431 e. The standard InChI is InChI=1S/C23H21F3N6O2/c24-23(25,26)18-7-13-12(3-5-28-20(13)30-18)21-29-15-9-27-8-14(11-1-2-11)19(15)22(31-21)32-6-4-16(33)17(34)10-32/h3,5,7-9,11,16-17,33-34H,1-2,4,6,10H2,(H,28,30)/t16-,17-/m1/s1. The van der Waals surface area contributed by atoms with Gasteiger partial charge < -0.3 is 20.1 Å². The number of alkyl halides is 3. The lowest BCUT2D eigenvalue weighted by Gasteiger charge is -2.35. The maximum absolute atomic E-state index is 13.3. The van der Waals surface area contributed by atoms with E-state index in [1.54, 1.807) is 12.3 Å². The highest BCUT2D eigenvalue weighted by atomic mass is 19.4. The van der Waals surface area contributed by atoms with E-state index in [4.69, 9.17) is 9.97 Å². The molecule has 34 heavy (non-hydrogen) atoms. The van der Waals surface area contributed by atoms with Gasteiger partial charge in [0.05, 0.1) is 23.9 Å². The number of aromatic amines is 1. The van der Waals surface area contributed by atoms with Gasteiger partial charge in [-0.2, -0.15) is 13.2 Å². The summed E-state index contributed by atoms with van der Waals surface area (Å²) in [7, 11) is 0. The summed E-state index contributed by atoms with van der Waals surface area (Å²) in [6.07, 6.45) is 1.03. The van der Waals surface area contributed by atoms with Gasteiger partial charge in [-0.05, 0) is 42.9 Å². The molecule has 1 saturated heterocycles. The third kappa shape index (κ3) is 3.55. The minimum absolute atomic E-state index is 0.0939. The fourth-order valence-corrected chi connectivity index (χ4v) is 4.63. The van der Waals surface area contributed by atoms with Gasteiger partial charge in [-0.25, -0.2) is 15.0 Å². The lowest BCUT2D eigenvalue weighted by Crippen LogP contribution is -2.47. The third-order valence-corrected chi connectivity index (χ3v) is 6.56. The highest BCUT2D eigenvalue weighted by molar-refractivity contribution is 5.97. The van der Waals surface area contributed by atoms with Gasteiger partial charge in [-0.15, -0.1) is 0 Å². The Labute approximate surface area is 191 Å². The number of aromatic nitrogens is 5. The van der Waals surface area contributed by atoms with E-state index >= 15 is 0 Å². The summed E-state index contributed by atoms with van der Waals surface area (Å²) >= 11 is 0. The van der Waals surface area contributed by atoms with E-state index in [0.29, 0.717) is 35.8 Å². The molecule has 1 aliphatic heterocycles. The maximum atomic E-state index is 13.3. The molecule has 8 nitrogen and oxygen atoms in total. The van der Waals surface area contributed by atoms with E-state index in [0.717, 1.165) is 29.9 Å². The number of piperidine rings is 1. The first-order valence-electron chi connectivity index (χ1n) is 11.1. The number of aliphatic hydroxyl groups is 2. The van der Waals surface area contributed by atoms with Crippen LogP contribution in [0, 0.1) is 0 Å². The molecule has 5 heterocycles. The average molecular weight is 470 g/mol. The first-order chi connectivity index (χ1) is 16.3. The number of rotatable bonds is 3. The predicted molar refractivity (Wildman–Crippen MR) is 118 cm³/mol. The van der Waals surface area contributed by atoms with Crippen molar-refractivity contribution >= 4 is 27.8 Å². The highest BCUT2D eigenvalue weighted by Crippen LogP contribution is 2.45. The van der Waals surface area contributed by atoms with Gasteiger partial charge in [0, 0.05) is 41.8 Å². The molecule has 0 amide bonds. The Hall–Kier alpha value is -3.31. The molecule has 1 aliphatic carbocycles. The van der Waals surface area contributed by atoms with Gasteiger partial charge in [0.25, 0.3) is 0 Å². The van der Waals surface area contributed by atoms with Crippen LogP contribution < -0.4 is 4.90 Å². The monoisotopic (exact) mass is 470 g/mol. The molecule has 2 fully saturated rings. The molecular formula is C23H21F3N6O2. The van der Waals surface area contributed by atoms with Crippen molar-refractivity contribution in [1.82, 2.24) is 24.9 Å². The molecule has 0 spiro atoms. The second kappa shape index (κ2) is 7.60. The van der Waals surface area contributed by atoms with Crippen LogP contribution in [-0.4, -0.2) is 60.4 Å². The molecular weight excluding hydrogens is 449 g/mol. The van der Waals surface area contributed by atoms with Crippen molar-refractivity contribution in [3.8, 4) is 11.4 Å². The van der Waals surface area contributed by atoms with Crippen molar-refractivity contribution in [1.29, 1.82) is 0 Å². The zero-order valence-electron chi connectivity index (χ0n) is 17.9. The van der Waals surface area contributed by atoms with Crippen molar-refractivity contribution in [2.75, 3.05) is 18.0 Å². The summed E-state index contributed by atoms with van der Waals surface area (Å²) in [5, 5.41) is 21.4. The molecule has 4 aromatic heterocycles. The van der Waals surface area contributed by atoms with Gasteiger partial charge in [0.2, 0.25) is 0 Å². The summed E-state index contributed by atoms with van der Waals surface area (Å²) in [5.74, 6) is 1.20. The van der Waals surface area contributed by atoms with Crippen molar-refractivity contribution in [2.45, 2.75) is 43.6 Å². The highest BCUT2D eigenvalue weighted by Gasteiger charge is 2.34. The smallest absolute Gasteiger partial charge is 0.390 e. The molecule has 2 atom stereocenters. The van der Waals surface area contributed by atoms with Crippen molar-refractivity contribution in [2.24, 2.45) is 0 Å². The molecule has 1 saturated carbocycles. The number of anilines is 1. The van der Waals surface area contributed by atoms with Gasteiger partial charge in [-0.1, -0.05) is 0 Å². The SMILES string of the molecule is O[C@@H]1CCN(c2nc(-c3ccnc4[nH]c(C(F)(F)F)cc34)nc3cncc(C4CC4)c23)C[C@H]1O. The van der Waals surface area contributed by atoms with Gasteiger partial charge in [0.15, 0.2) is 5.82 Å². The van der Waals surface area contributed by atoms with Crippen LogP contribution in [0.3, 0.4) is 0 Å². The van der Waals surface area contributed by atoms with E-state index in [2.05, 4.69) is 15.0 Å². The fourth-order valence-electron chi connectivity index (χ4n) is 4.63. The topological polar surface area (TPSA) is 111 Å². The zero-order valence-corrected chi connectivity index (χ0v) is 17.9. The Morgan fingerprint density at radius 1 is 1.06 bits per heavy atom. The second-order valence-corrected chi connectivity index (χ2v) is 8.94. The number of hydrogen-bond acceptors (Lipinski definition) is 7. The Morgan fingerprint density at radius 2 is 1.88 bits per heavy atom. The van der Waals surface area contributed by atoms with E-state index in [-0.39, 0.29) is 23.4 Å². The average Bonchev–Trinajstić information content (AvgIpc) is 3.55. The normalized spacial score (nSPS) is 21.5. The van der Waals surface area contributed by atoms with Crippen molar-refractivity contribution in [3.05, 3.63) is 42.0 Å². The molecule has 6 rings (SSSR count). The number of fused-ring (bicyclic) bond motifs is 2. The minimum Gasteiger partial charge on any atom is -0.390 e. The number of pyridine rings is 2. The van der Waals surface area contributed by atoms with Crippen LogP contribution in [0.1, 0.15) is 36.4 Å². The number of nitrogens with zero attached hydrogens (tertiary/aromatic N) is 5. The molecule has 176 valence electrons. The number of nitrogens with one attached hydrogen (secondary N) is 1. The van der Waals surface area contributed by atoms with Crippen LogP contribution in [-0.2, 0) is 6.18 Å². The molecule has 4 aromatic rings. The molecule has 0 bridgehead atoms. The lowest BCUT2D eigenvalue weighted by atomic mass is 10.0. The quantitative estimate of drug-likeness (QED) is 0.421. The zero-order chi connectivity index (χ0) is 23.6. The van der Waals surface area contributed by atoms with E-state index in [9.17, 15) is 23.4 Å². The number of β-amino-alcohol motifs (C(OH)–C–C–N with tert-alkyl or cyclic N) is 1. The van der Waals surface area contributed by atoms with E-state index in [1.165, 1.54) is 6.20 Å². The van der Waals surface area contributed by atoms with Crippen LogP contribution in [0.5, 0.6) is 0 Å². The lowest BCUT2D eigenvalue weighted by molar-refractivity contribution is -0.140. The van der Waals surface area contributed by atoms with Crippen LogP contribution in [0.25, 0.3) is 33.3 Å². The Balaban J connectivity index is 1.57. The second-order valence-electron chi connectivity index (χ2n) is 8.94. The van der Waals surface area contributed by atoms with Crippen LogP contribution >= 0.6 is 0 Å².